The fraction of sp³-hybridized carbons (Fsp3) is 0.588. The summed E-state index contributed by atoms with van der Waals surface area (Å²) in [6.45, 7) is 6.99. The fourth-order valence-corrected chi connectivity index (χ4v) is 2.84. The van der Waals surface area contributed by atoms with Gasteiger partial charge in [-0.2, -0.15) is 0 Å². The maximum Gasteiger partial charge on any atom is 0.410 e. The van der Waals surface area contributed by atoms with E-state index >= 15 is 0 Å². The van der Waals surface area contributed by atoms with Gasteiger partial charge >= 0.3 is 6.09 Å². The second-order valence-corrected chi connectivity index (χ2v) is 7.04. The normalized spacial score (nSPS) is 19.3. The minimum Gasteiger partial charge on any atom is -0.444 e. The highest BCUT2D eigenvalue weighted by Gasteiger charge is 2.32. The molecule has 1 saturated heterocycles. The number of benzene rings is 1. The van der Waals surface area contributed by atoms with Gasteiger partial charge in [0.05, 0.1) is 19.3 Å². The average molecular weight is 342 g/mol. The van der Waals surface area contributed by atoms with Gasteiger partial charge in [-0.25, -0.2) is 4.79 Å². The van der Waals surface area contributed by atoms with Crippen molar-refractivity contribution in [2.24, 2.45) is 0 Å². The topological polar surface area (TPSA) is 59.0 Å². The number of nitrogens with zero attached hydrogens (tertiary/aromatic N) is 1. The Morgan fingerprint density at radius 3 is 2.83 bits per heavy atom. The molecule has 0 radical (unpaired) electrons. The molecule has 0 bridgehead atoms. The van der Waals surface area contributed by atoms with Crippen molar-refractivity contribution < 1.29 is 19.4 Å². The van der Waals surface area contributed by atoms with Crippen LogP contribution in [0.15, 0.2) is 18.2 Å². The predicted molar refractivity (Wildman–Crippen MR) is 88.5 cm³/mol. The minimum atomic E-state index is -0.556. The molecule has 0 spiro atoms. The number of rotatable bonds is 2. The molecule has 2 rings (SSSR count). The summed E-state index contributed by atoms with van der Waals surface area (Å²) in [4.78, 5) is 14.2. The second kappa shape index (κ2) is 7.51. The van der Waals surface area contributed by atoms with E-state index in [-0.39, 0.29) is 18.7 Å². The van der Waals surface area contributed by atoms with Gasteiger partial charge in [-0.3, -0.25) is 4.90 Å². The van der Waals surface area contributed by atoms with Crippen molar-refractivity contribution in [3.63, 3.8) is 0 Å². The van der Waals surface area contributed by atoms with Crippen LogP contribution >= 0.6 is 11.6 Å². The number of hydrogen-bond donors (Lipinski definition) is 1. The third-order valence-corrected chi connectivity index (χ3v) is 3.90. The molecule has 1 atom stereocenters. The highest BCUT2D eigenvalue weighted by molar-refractivity contribution is 6.31. The van der Waals surface area contributed by atoms with Gasteiger partial charge in [0.15, 0.2) is 0 Å². The number of aliphatic hydroxyl groups excluding tert-OH is 1. The lowest BCUT2D eigenvalue weighted by atomic mass is 10.0. The van der Waals surface area contributed by atoms with Gasteiger partial charge in [-0.1, -0.05) is 23.7 Å². The van der Waals surface area contributed by atoms with E-state index in [1.807, 2.05) is 26.8 Å². The number of ether oxygens (including phenoxy) is 2. The van der Waals surface area contributed by atoms with E-state index in [1.165, 1.54) is 0 Å². The minimum absolute atomic E-state index is 0.0725. The number of halogens is 1. The molecule has 1 N–H and O–H groups in total. The van der Waals surface area contributed by atoms with E-state index in [0.29, 0.717) is 24.8 Å². The number of hydrogen-bond acceptors (Lipinski definition) is 4. The Kier molecular flexibility index (Phi) is 5.89. The summed E-state index contributed by atoms with van der Waals surface area (Å²) in [5.74, 6) is 0. The Morgan fingerprint density at radius 1 is 1.48 bits per heavy atom. The molecule has 23 heavy (non-hydrogen) atoms. The summed E-state index contributed by atoms with van der Waals surface area (Å²) in [5, 5.41) is 9.72. The Bertz CT molecular complexity index is 556. The molecule has 1 aromatic rings. The quantitative estimate of drug-likeness (QED) is 0.894. The van der Waals surface area contributed by atoms with E-state index < -0.39 is 5.60 Å². The van der Waals surface area contributed by atoms with E-state index in [1.54, 1.807) is 17.0 Å². The van der Waals surface area contributed by atoms with Gasteiger partial charge in [0.2, 0.25) is 0 Å². The van der Waals surface area contributed by atoms with Crippen LogP contribution in [-0.4, -0.2) is 41.5 Å². The van der Waals surface area contributed by atoms with Gasteiger partial charge in [0.1, 0.15) is 5.60 Å². The van der Waals surface area contributed by atoms with E-state index in [0.717, 1.165) is 17.5 Å². The maximum atomic E-state index is 12.5. The Balaban J connectivity index is 2.29. The van der Waals surface area contributed by atoms with Crippen LogP contribution in [0.2, 0.25) is 5.02 Å². The molecule has 0 aliphatic carbocycles. The smallest absolute Gasteiger partial charge is 0.410 e. The van der Waals surface area contributed by atoms with Crippen LogP contribution in [0.5, 0.6) is 0 Å². The molecule has 1 aliphatic rings. The first-order valence-corrected chi connectivity index (χ1v) is 8.16. The molecule has 128 valence electrons. The van der Waals surface area contributed by atoms with Gasteiger partial charge < -0.3 is 14.6 Å². The summed E-state index contributed by atoms with van der Waals surface area (Å²) < 4.78 is 11.1. The summed E-state index contributed by atoms with van der Waals surface area (Å²) >= 11 is 6.35. The van der Waals surface area contributed by atoms with Crippen molar-refractivity contribution in [1.82, 2.24) is 4.90 Å². The highest BCUT2D eigenvalue weighted by atomic mass is 35.5. The number of aliphatic hydroxyl groups is 1. The zero-order chi connectivity index (χ0) is 17.0. The molecule has 0 unspecified atom stereocenters. The van der Waals surface area contributed by atoms with Gasteiger partial charge in [0, 0.05) is 18.2 Å². The molecular weight excluding hydrogens is 318 g/mol. The molecule has 0 saturated carbocycles. The van der Waals surface area contributed by atoms with Crippen LogP contribution in [0.1, 0.15) is 44.4 Å². The first-order chi connectivity index (χ1) is 10.8. The SMILES string of the molecule is CC(C)(C)OC(=O)N1CCCOC[C@H]1c1ccc(CO)cc1Cl. The predicted octanol–water partition coefficient (Wildman–Crippen LogP) is 3.53. The van der Waals surface area contributed by atoms with Crippen molar-refractivity contribution in [3.05, 3.63) is 34.3 Å². The highest BCUT2D eigenvalue weighted by Crippen LogP contribution is 2.31. The summed E-state index contributed by atoms with van der Waals surface area (Å²) in [6, 6.07) is 5.06. The van der Waals surface area contributed by atoms with Crippen molar-refractivity contribution in [2.75, 3.05) is 19.8 Å². The second-order valence-electron chi connectivity index (χ2n) is 6.63. The molecule has 1 aliphatic heterocycles. The van der Waals surface area contributed by atoms with Crippen LogP contribution in [0.25, 0.3) is 0 Å². The van der Waals surface area contributed by atoms with Crippen molar-refractivity contribution in [1.29, 1.82) is 0 Å². The largest absolute Gasteiger partial charge is 0.444 e. The van der Waals surface area contributed by atoms with Gasteiger partial charge in [-0.05, 0) is 44.4 Å². The van der Waals surface area contributed by atoms with Gasteiger partial charge in [0.25, 0.3) is 0 Å². The van der Waals surface area contributed by atoms with E-state index in [2.05, 4.69) is 0 Å². The van der Waals surface area contributed by atoms with E-state index in [9.17, 15) is 9.90 Å². The van der Waals surface area contributed by atoms with Crippen molar-refractivity contribution in [3.8, 4) is 0 Å². The number of carbonyl (C=O) groups excluding carboxylic acids is 1. The molecule has 1 fully saturated rings. The first kappa shape index (κ1) is 18.0. The number of amides is 1. The molecular formula is C17H24ClNO4. The monoisotopic (exact) mass is 341 g/mol. The maximum absolute atomic E-state index is 12.5. The Labute approximate surface area is 142 Å². The molecule has 1 heterocycles. The van der Waals surface area contributed by atoms with Crippen LogP contribution < -0.4 is 0 Å². The lowest BCUT2D eigenvalue weighted by molar-refractivity contribution is 0.0119. The molecule has 1 aromatic carbocycles. The summed E-state index contributed by atoms with van der Waals surface area (Å²) in [6.07, 6.45) is 0.387. The van der Waals surface area contributed by atoms with Crippen LogP contribution in [-0.2, 0) is 16.1 Å². The average Bonchev–Trinajstić information content (AvgIpc) is 2.71. The Morgan fingerprint density at radius 2 is 2.22 bits per heavy atom. The summed E-state index contributed by atoms with van der Waals surface area (Å²) in [7, 11) is 0. The first-order valence-electron chi connectivity index (χ1n) is 7.78. The lowest BCUT2D eigenvalue weighted by Gasteiger charge is -2.32. The standard InChI is InChI=1S/C17H24ClNO4/c1-17(2,3)23-16(21)19-7-4-8-22-11-15(19)13-6-5-12(10-20)9-14(13)18/h5-6,9,15,20H,4,7-8,10-11H2,1-3H3/t15-/m0/s1. The lowest BCUT2D eigenvalue weighted by Crippen LogP contribution is -2.40. The molecule has 6 heteroatoms. The number of carbonyl (C=O) groups is 1. The van der Waals surface area contributed by atoms with Gasteiger partial charge in [-0.15, -0.1) is 0 Å². The van der Waals surface area contributed by atoms with Crippen LogP contribution in [0.3, 0.4) is 0 Å². The van der Waals surface area contributed by atoms with Crippen LogP contribution in [0, 0.1) is 0 Å². The molecule has 0 aromatic heterocycles. The van der Waals surface area contributed by atoms with Crippen molar-refractivity contribution >= 4 is 17.7 Å². The molecule has 1 amide bonds. The summed E-state index contributed by atoms with van der Waals surface area (Å²) in [5.41, 5.74) is 0.980. The zero-order valence-corrected chi connectivity index (χ0v) is 14.6. The van der Waals surface area contributed by atoms with E-state index in [4.69, 9.17) is 21.1 Å². The van der Waals surface area contributed by atoms with Crippen molar-refractivity contribution in [2.45, 2.75) is 45.4 Å². The Hall–Kier alpha value is -1.30. The zero-order valence-electron chi connectivity index (χ0n) is 13.8. The van der Waals surface area contributed by atoms with Crippen LogP contribution in [0.4, 0.5) is 4.79 Å². The molecule has 5 nitrogen and oxygen atoms in total. The fourth-order valence-electron chi connectivity index (χ4n) is 2.51. The third-order valence-electron chi connectivity index (χ3n) is 3.57. The third kappa shape index (κ3) is 4.83.